The largest absolute Gasteiger partial charge is 0.472 e. The van der Waals surface area contributed by atoms with Crippen LogP contribution in [0.5, 0.6) is 0 Å². The van der Waals surface area contributed by atoms with Crippen LogP contribution >= 0.6 is 7.82 Å². The Morgan fingerprint density at radius 1 is 0.477 bits per heavy atom. The highest BCUT2D eigenvalue weighted by molar-refractivity contribution is 7.47. The molecule has 0 fully saturated rings. The number of unbranched alkanes of at least 4 members (excludes halogenated alkanes) is 27. The van der Waals surface area contributed by atoms with Gasteiger partial charge in [-0.1, -0.05) is 235 Å². The lowest BCUT2D eigenvalue weighted by atomic mass is 10.0. The smallest absolute Gasteiger partial charge is 0.462 e. The minimum absolute atomic E-state index is 0.0514. The molecule has 378 valence electrons. The van der Waals surface area contributed by atoms with E-state index < -0.39 is 26.5 Å². The first-order chi connectivity index (χ1) is 31.8. The zero-order chi connectivity index (χ0) is 47.4. The van der Waals surface area contributed by atoms with Crippen LogP contribution in [0.3, 0.4) is 0 Å². The zero-order valence-corrected chi connectivity index (χ0v) is 42.9. The zero-order valence-electron chi connectivity index (χ0n) is 42.0. The SMILES string of the molecule is CC/C=C\C/C=C\C/C=C\C/C=C\C/C=C\CCCCCCCCCCCC(=O)OC(COC(=O)CCCCCCCCCCCCCCCCCCCCC)COP(=O)(O)OCCN. The molecule has 0 spiro atoms. The molecule has 0 bridgehead atoms. The van der Waals surface area contributed by atoms with Gasteiger partial charge >= 0.3 is 19.8 Å². The third kappa shape index (κ3) is 51.0. The summed E-state index contributed by atoms with van der Waals surface area (Å²) < 4.78 is 33.0. The van der Waals surface area contributed by atoms with Gasteiger partial charge in [-0.15, -0.1) is 0 Å². The van der Waals surface area contributed by atoms with Crippen molar-refractivity contribution in [1.29, 1.82) is 0 Å². The van der Waals surface area contributed by atoms with E-state index in [2.05, 4.69) is 74.6 Å². The van der Waals surface area contributed by atoms with Gasteiger partial charge in [-0.2, -0.15) is 0 Å². The summed E-state index contributed by atoms with van der Waals surface area (Å²) in [5.74, 6) is -0.827. The molecule has 2 unspecified atom stereocenters. The molecule has 0 amide bonds. The van der Waals surface area contributed by atoms with Gasteiger partial charge in [0.05, 0.1) is 13.2 Å². The molecule has 3 N–H and O–H groups in total. The number of nitrogens with two attached hydrogens (primary N) is 1. The van der Waals surface area contributed by atoms with Gasteiger partial charge in [0.15, 0.2) is 6.10 Å². The minimum atomic E-state index is -4.39. The van der Waals surface area contributed by atoms with E-state index in [-0.39, 0.29) is 38.6 Å². The van der Waals surface area contributed by atoms with E-state index in [0.717, 1.165) is 77.0 Å². The van der Waals surface area contributed by atoms with Gasteiger partial charge in [-0.25, -0.2) is 4.57 Å². The van der Waals surface area contributed by atoms with Gasteiger partial charge in [0.1, 0.15) is 6.61 Å². The Hall–Kier alpha value is -2.29. The Bertz CT molecular complexity index is 1250. The number of hydrogen-bond acceptors (Lipinski definition) is 8. The van der Waals surface area contributed by atoms with Crippen molar-refractivity contribution >= 4 is 19.8 Å². The number of ether oxygens (including phenoxy) is 2. The van der Waals surface area contributed by atoms with Crippen molar-refractivity contribution in [2.45, 2.75) is 251 Å². The van der Waals surface area contributed by atoms with Crippen LogP contribution in [0.25, 0.3) is 0 Å². The molecule has 9 nitrogen and oxygen atoms in total. The molecule has 0 saturated heterocycles. The fourth-order valence-corrected chi connectivity index (χ4v) is 8.25. The maximum Gasteiger partial charge on any atom is 0.472 e. The quantitative estimate of drug-likeness (QED) is 0.0265. The van der Waals surface area contributed by atoms with Crippen LogP contribution < -0.4 is 5.73 Å². The standard InChI is InChI=1S/C55H100NO8P/c1-3-5-7-9-11-13-15-17-19-21-23-24-25-26-27-28-30-32-34-36-38-40-42-44-46-48-55(58)64-53(52-63-65(59,60)62-50-49-56)51-61-54(57)47-45-43-41-39-37-35-33-31-29-22-20-18-16-14-12-10-8-6-4-2/h5,7,11,13,17,19,23-24,26-27,53H,3-4,6,8-10,12,14-16,18,20-22,25,28-52,56H2,1-2H3,(H,59,60)/b7-5-,13-11-,19-17-,24-23-,27-26-. The van der Waals surface area contributed by atoms with Crippen molar-refractivity contribution in [2.24, 2.45) is 5.73 Å². The average Bonchev–Trinajstić information content (AvgIpc) is 3.30. The van der Waals surface area contributed by atoms with Gasteiger partial charge in [0.25, 0.3) is 0 Å². The van der Waals surface area contributed by atoms with Crippen LogP contribution in [0.1, 0.15) is 245 Å². The van der Waals surface area contributed by atoms with Gasteiger partial charge in [-0.3, -0.25) is 18.6 Å². The Morgan fingerprint density at radius 2 is 0.846 bits per heavy atom. The second kappa shape index (κ2) is 51.1. The molecule has 0 aromatic carbocycles. The fraction of sp³-hybridized carbons (Fsp3) is 0.782. The lowest BCUT2D eigenvalue weighted by molar-refractivity contribution is -0.161. The molecule has 0 heterocycles. The molecule has 0 aliphatic carbocycles. The summed E-state index contributed by atoms with van der Waals surface area (Å²) in [7, 11) is -4.39. The van der Waals surface area contributed by atoms with Gasteiger partial charge < -0.3 is 20.1 Å². The lowest BCUT2D eigenvalue weighted by Crippen LogP contribution is -2.29. The first-order valence-corrected chi connectivity index (χ1v) is 28.3. The summed E-state index contributed by atoms with van der Waals surface area (Å²) in [6.07, 6.45) is 62.6. The summed E-state index contributed by atoms with van der Waals surface area (Å²) in [5.41, 5.74) is 5.37. The summed E-state index contributed by atoms with van der Waals surface area (Å²) >= 11 is 0. The molecule has 0 rings (SSSR count). The fourth-order valence-electron chi connectivity index (χ4n) is 7.49. The molecule has 2 atom stereocenters. The maximum absolute atomic E-state index is 12.7. The van der Waals surface area contributed by atoms with E-state index in [1.807, 2.05) is 0 Å². The van der Waals surface area contributed by atoms with Crippen molar-refractivity contribution in [3.05, 3.63) is 60.8 Å². The second-order valence-electron chi connectivity index (χ2n) is 17.7. The van der Waals surface area contributed by atoms with Crippen LogP contribution in [-0.2, 0) is 32.7 Å². The summed E-state index contributed by atoms with van der Waals surface area (Å²) in [6, 6.07) is 0. The maximum atomic E-state index is 12.7. The van der Waals surface area contributed by atoms with Crippen LogP contribution in [0.15, 0.2) is 60.8 Å². The van der Waals surface area contributed by atoms with Crippen molar-refractivity contribution in [3.8, 4) is 0 Å². The number of hydrogen-bond donors (Lipinski definition) is 2. The van der Waals surface area contributed by atoms with E-state index in [9.17, 15) is 19.0 Å². The molecule has 10 heteroatoms. The number of phosphoric acid groups is 1. The molecule has 65 heavy (non-hydrogen) atoms. The van der Waals surface area contributed by atoms with Crippen LogP contribution in [0.4, 0.5) is 0 Å². The third-order valence-corrected chi connectivity index (χ3v) is 12.4. The van der Waals surface area contributed by atoms with Crippen molar-refractivity contribution in [2.75, 3.05) is 26.4 Å². The summed E-state index contributed by atoms with van der Waals surface area (Å²) in [5, 5.41) is 0. The number of esters is 2. The molecule has 0 aliphatic heterocycles. The molecule has 0 saturated carbocycles. The average molecular weight is 934 g/mol. The first-order valence-electron chi connectivity index (χ1n) is 26.8. The Morgan fingerprint density at radius 3 is 1.26 bits per heavy atom. The lowest BCUT2D eigenvalue weighted by Gasteiger charge is -2.19. The highest BCUT2D eigenvalue weighted by Gasteiger charge is 2.26. The van der Waals surface area contributed by atoms with Gasteiger partial charge in [-0.05, 0) is 57.8 Å². The van der Waals surface area contributed by atoms with Crippen LogP contribution in [0, 0.1) is 0 Å². The van der Waals surface area contributed by atoms with Crippen LogP contribution in [-0.4, -0.2) is 49.3 Å². The second-order valence-corrected chi connectivity index (χ2v) is 19.2. The molecular weight excluding hydrogens is 834 g/mol. The van der Waals surface area contributed by atoms with E-state index in [4.69, 9.17) is 24.3 Å². The Labute approximate surface area is 399 Å². The number of carbonyl (C=O) groups is 2. The highest BCUT2D eigenvalue weighted by Crippen LogP contribution is 2.43. The number of carbonyl (C=O) groups excluding carboxylic acids is 2. The summed E-state index contributed by atoms with van der Waals surface area (Å²) in [4.78, 5) is 35.1. The van der Waals surface area contributed by atoms with Gasteiger partial charge in [0.2, 0.25) is 0 Å². The number of rotatable bonds is 50. The van der Waals surface area contributed by atoms with Gasteiger partial charge in [0, 0.05) is 19.4 Å². The molecular formula is C55H100NO8P. The molecule has 0 radical (unpaired) electrons. The Balaban J connectivity index is 4.03. The van der Waals surface area contributed by atoms with E-state index >= 15 is 0 Å². The monoisotopic (exact) mass is 934 g/mol. The van der Waals surface area contributed by atoms with Crippen molar-refractivity contribution in [1.82, 2.24) is 0 Å². The van der Waals surface area contributed by atoms with E-state index in [1.54, 1.807) is 0 Å². The molecule has 0 aliphatic rings. The first kappa shape index (κ1) is 62.7. The Kier molecular flexibility index (Phi) is 49.3. The number of allylic oxidation sites excluding steroid dienone is 10. The van der Waals surface area contributed by atoms with Crippen LogP contribution in [0.2, 0.25) is 0 Å². The van der Waals surface area contributed by atoms with E-state index in [0.29, 0.717) is 6.42 Å². The predicted octanol–water partition coefficient (Wildman–Crippen LogP) is 16.4. The summed E-state index contributed by atoms with van der Waals surface area (Å²) in [6.45, 7) is 3.65. The number of phosphoric ester groups is 1. The predicted molar refractivity (Wildman–Crippen MR) is 275 cm³/mol. The topological polar surface area (TPSA) is 134 Å². The molecule has 0 aromatic heterocycles. The highest BCUT2D eigenvalue weighted by atomic mass is 31.2. The molecule has 0 aromatic rings. The normalized spacial score (nSPS) is 13.6. The minimum Gasteiger partial charge on any atom is -0.462 e. The third-order valence-electron chi connectivity index (χ3n) is 11.4. The van der Waals surface area contributed by atoms with Crippen molar-refractivity contribution in [3.63, 3.8) is 0 Å². The van der Waals surface area contributed by atoms with E-state index in [1.165, 1.54) is 135 Å². The van der Waals surface area contributed by atoms with Crippen molar-refractivity contribution < 1.29 is 37.6 Å².